The van der Waals surface area contributed by atoms with E-state index in [1.807, 2.05) is 45.0 Å². The second kappa shape index (κ2) is 10.6. The maximum absolute atomic E-state index is 12.6. The Morgan fingerprint density at radius 2 is 1.90 bits per heavy atom. The lowest BCUT2D eigenvalue weighted by molar-refractivity contribution is -0.141. The second-order valence-corrected chi connectivity index (χ2v) is 7.10. The molecule has 30 heavy (non-hydrogen) atoms. The summed E-state index contributed by atoms with van der Waals surface area (Å²) in [5.41, 5.74) is 4.12. The number of aryl methyl sites for hydroxylation is 2. The van der Waals surface area contributed by atoms with Crippen LogP contribution in [0.2, 0.25) is 0 Å². The van der Waals surface area contributed by atoms with Gasteiger partial charge in [-0.1, -0.05) is 31.2 Å². The first-order valence-corrected chi connectivity index (χ1v) is 9.93. The summed E-state index contributed by atoms with van der Waals surface area (Å²) < 4.78 is 12.5. The second-order valence-electron chi connectivity index (χ2n) is 7.10. The van der Waals surface area contributed by atoms with E-state index in [0.717, 1.165) is 28.9 Å². The van der Waals surface area contributed by atoms with E-state index in [4.69, 9.17) is 9.47 Å². The van der Waals surface area contributed by atoms with Crippen LogP contribution in [-0.4, -0.2) is 36.1 Å². The maximum Gasteiger partial charge on any atom is 0.349 e. The van der Waals surface area contributed by atoms with Crippen molar-refractivity contribution in [3.63, 3.8) is 0 Å². The predicted molar refractivity (Wildman–Crippen MR) is 115 cm³/mol. The number of carbonyl (C=O) groups excluding carboxylic acids is 2. The van der Waals surface area contributed by atoms with E-state index < -0.39 is 12.1 Å². The van der Waals surface area contributed by atoms with Gasteiger partial charge in [0.25, 0.3) is 0 Å². The van der Waals surface area contributed by atoms with Crippen LogP contribution in [0.15, 0.2) is 35.9 Å². The van der Waals surface area contributed by atoms with Gasteiger partial charge in [-0.3, -0.25) is 4.79 Å². The molecule has 1 heterocycles. The van der Waals surface area contributed by atoms with Crippen LogP contribution >= 0.6 is 0 Å². The zero-order valence-corrected chi connectivity index (χ0v) is 18.2. The lowest BCUT2D eigenvalue weighted by atomic mass is 10.0. The molecule has 0 amide bonds. The van der Waals surface area contributed by atoms with Gasteiger partial charge < -0.3 is 14.0 Å². The molecule has 0 aliphatic heterocycles. The molecule has 1 atom stereocenters. The van der Waals surface area contributed by atoms with Gasteiger partial charge in [0.2, 0.25) is 5.78 Å². The molecule has 6 nitrogen and oxygen atoms in total. The highest BCUT2D eigenvalue weighted by molar-refractivity contribution is 6.03. The van der Waals surface area contributed by atoms with Crippen molar-refractivity contribution in [1.29, 1.82) is 5.26 Å². The number of hydrogen-bond acceptors (Lipinski definition) is 5. The summed E-state index contributed by atoms with van der Waals surface area (Å²) in [5.74, 6) is -1.12. The third-order valence-corrected chi connectivity index (χ3v) is 5.07. The Bertz CT molecular complexity index is 978. The molecule has 0 unspecified atom stereocenters. The Labute approximate surface area is 177 Å². The van der Waals surface area contributed by atoms with Gasteiger partial charge in [-0.15, -0.1) is 0 Å². The topological polar surface area (TPSA) is 81.3 Å². The fraction of sp³-hybridized carbons (Fsp3) is 0.375. The van der Waals surface area contributed by atoms with E-state index in [0.29, 0.717) is 18.7 Å². The van der Waals surface area contributed by atoms with Crippen LogP contribution in [0.3, 0.4) is 0 Å². The Hall–Kier alpha value is -3.17. The van der Waals surface area contributed by atoms with E-state index >= 15 is 0 Å². The number of Topliss-reactive ketones (excluding diaryl/α,β-unsaturated/α-hetero) is 1. The molecule has 0 aliphatic rings. The molecule has 0 radical (unpaired) electrons. The van der Waals surface area contributed by atoms with Gasteiger partial charge in [0.05, 0.1) is 6.61 Å². The number of benzene rings is 1. The first-order chi connectivity index (χ1) is 14.3. The minimum atomic E-state index is -0.990. The summed E-state index contributed by atoms with van der Waals surface area (Å²) >= 11 is 0. The standard InChI is InChI=1S/C24H28N2O4/c1-6-19-7-9-20(10-8-19)23(27)18(4)30-24(28)22(15-25)14-21-13-16(2)26(17(21)3)11-12-29-5/h7-10,13-14,18H,6,11-12H2,1-5H3/b22-14+/t18-/m0/s1. The average molecular weight is 408 g/mol. The van der Waals surface area contributed by atoms with E-state index in [2.05, 4.69) is 4.57 Å². The van der Waals surface area contributed by atoms with Gasteiger partial charge in [-0.05, 0) is 50.5 Å². The Balaban J connectivity index is 2.15. The van der Waals surface area contributed by atoms with Crippen LogP contribution in [0, 0.1) is 25.2 Å². The molecule has 6 heteroatoms. The van der Waals surface area contributed by atoms with Gasteiger partial charge in [-0.2, -0.15) is 5.26 Å². The SMILES string of the molecule is CCc1ccc(C(=O)[C@H](C)OC(=O)/C(C#N)=C/c2cc(C)n(CCOC)c2C)cc1. The first-order valence-electron chi connectivity index (χ1n) is 9.93. The first kappa shape index (κ1) is 23.1. The van der Waals surface area contributed by atoms with Crippen LogP contribution in [-0.2, 0) is 27.2 Å². The van der Waals surface area contributed by atoms with Crippen LogP contribution in [0.4, 0.5) is 0 Å². The molecule has 158 valence electrons. The highest BCUT2D eigenvalue weighted by atomic mass is 16.5. The van der Waals surface area contributed by atoms with Crippen molar-refractivity contribution in [2.24, 2.45) is 0 Å². The zero-order chi connectivity index (χ0) is 22.3. The quantitative estimate of drug-likeness (QED) is 0.271. The third kappa shape index (κ3) is 5.46. The molecular formula is C24H28N2O4. The van der Waals surface area contributed by atoms with Gasteiger partial charge in [-0.25, -0.2) is 4.79 Å². The van der Waals surface area contributed by atoms with Crippen molar-refractivity contribution >= 4 is 17.8 Å². The third-order valence-electron chi connectivity index (χ3n) is 5.07. The van der Waals surface area contributed by atoms with Crippen molar-refractivity contribution in [1.82, 2.24) is 4.57 Å². The molecule has 0 N–H and O–H groups in total. The average Bonchev–Trinajstić information content (AvgIpc) is 3.02. The smallest absolute Gasteiger partial charge is 0.349 e. The van der Waals surface area contributed by atoms with Crippen LogP contribution < -0.4 is 0 Å². The minimum Gasteiger partial charge on any atom is -0.450 e. The highest BCUT2D eigenvalue weighted by Gasteiger charge is 2.22. The molecule has 2 aromatic rings. The number of carbonyl (C=O) groups is 2. The van der Waals surface area contributed by atoms with Gasteiger partial charge >= 0.3 is 5.97 Å². The highest BCUT2D eigenvalue weighted by Crippen LogP contribution is 2.19. The Morgan fingerprint density at radius 1 is 1.23 bits per heavy atom. The Kier molecular flexibility index (Phi) is 8.14. The normalized spacial score (nSPS) is 12.3. The van der Waals surface area contributed by atoms with Gasteiger partial charge in [0.15, 0.2) is 6.10 Å². The van der Waals surface area contributed by atoms with E-state index in [9.17, 15) is 14.9 Å². The lowest BCUT2D eigenvalue weighted by Gasteiger charge is -2.12. The summed E-state index contributed by atoms with van der Waals surface area (Å²) in [7, 11) is 1.64. The van der Waals surface area contributed by atoms with Gasteiger partial charge in [0.1, 0.15) is 11.6 Å². The number of ketones is 1. The molecular weight excluding hydrogens is 380 g/mol. The summed E-state index contributed by atoms with van der Waals surface area (Å²) in [6.07, 6.45) is 1.39. The molecule has 1 aromatic carbocycles. The molecule has 0 fully saturated rings. The fourth-order valence-corrected chi connectivity index (χ4v) is 3.21. The van der Waals surface area contributed by atoms with Crippen LogP contribution in [0.25, 0.3) is 6.08 Å². The Morgan fingerprint density at radius 3 is 2.47 bits per heavy atom. The zero-order valence-electron chi connectivity index (χ0n) is 18.2. The predicted octanol–water partition coefficient (Wildman–Crippen LogP) is 4.04. The van der Waals surface area contributed by atoms with Crippen molar-refractivity contribution in [3.05, 3.63) is 64.0 Å². The number of nitriles is 1. The molecule has 0 spiro atoms. The number of methoxy groups -OCH3 is 1. The number of esters is 1. The molecule has 0 saturated carbocycles. The molecule has 1 aromatic heterocycles. The van der Waals surface area contributed by atoms with Crippen molar-refractivity contribution in [2.75, 3.05) is 13.7 Å². The number of ether oxygens (including phenoxy) is 2. The number of rotatable bonds is 9. The monoisotopic (exact) mass is 408 g/mol. The summed E-state index contributed by atoms with van der Waals surface area (Å²) in [4.78, 5) is 25.1. The van der Waals surface area contributed by atoms with E-state index in [-0.39, 0.29) is 11.4 Å². The van der Waals surface area contributed by atoms with Gasteiger partial charge in [0, 0.05) is 30.6 Å². The van der Waals surface area contributed by atoms with Crippen LogP contribution in [0.1, 0.15) is 46.7 Å². The van der Waals surface area contributed by atoms with Crippen LogP contribution in [0.5, 0.6) is 0 Å². The van der Waals surface area contributed by atoms with Crippen molar-refractivity contribution in [2.45, 2.75) is 46.8 Å². The largest absolute Gasteiger partial charge is 0.450 e. The maximum atomic E-state index is 12.6. The summed E-state index contributed by atoms with van der Waals surface area (Å²) in [6.45, 7) is 8.66. The molecule has 0 saturated heterocycles. The van der Waals surface area contributed by atoms with E-state index in [1.54, 1.807) is 19.2 Å². The number of nitrogens with zero attached hydrogens (tertiary/aromatic N) is 2. The molecule has 0 aliphatic carbocycles. The fourth-order valence-electron chi connectivity index (χ4n) is 3.21. The molecule has 2 rings (SSSR count). The summed E-state index contributed by atoms with van der Waals surface area (Å²) in [5, 5.41) is 9.46. The summed E-state index contributed by atoms with van der Waals surface area (Å²) in [6, 6.07) is 11.0. The van der Waals surface area contributed by atoms with E-state index in [1.165, 1.54) is 13.0 Å². The number of hydrogen-bond donors (Lipinski definition) is 0. The number of aromatic nitrogens is 1. The van der Waals surface area contributed by atoms with Crippen molar-refractivity contribution < 1.29 is 19.1 Å². The lowest BCUT2D eigenvalue weighted by Crippen LogP contribution is -2.25. The van der Waals surface area contributed by atoms with Crippen molar-refractivity contribution in [3.8, 4) is 6.07 Å². The minimum absolute atomic E-state index is 0.150. The molecule has 0 bridgehead atoms.